The quantitative estimate of drug-likeness (QED) is 0.914. The van der Waals surface area contributed by atoms with Gasteiger partial charge in [-0.05, 0) is 45.1 Å². The van der Waals surface area contributed by atoms with E-state index in [-0.39, 0.29) is 6.04 Å². The van der Waals surface area contributed by atoms with Crippen molar-refractivity contribution in [3.63, 3.8) is 0 Å². The van der Waals surface area contributed by atoms with Crippen LogP contribution in [0.15, 0.2) is 23.1 Å². The van der Waals surface area contributed by atoms with Gasteiger partial charge >= 0.3 is 0 Å². The van der Waals surface area contributed by atoms with Crippen molar-refractivity contribution < 1.29 is 17.2 Å². The average molecular weight is 290 g/mol. The van der Waals surface area contributed by atoms with E-state index in [1.165, 1.54) is 0 Å². The Morgan fingerprint density at radius 3 is 2.47 bits per heavy atom. The summed E-state index contributed by atoms with van der Waals surface area (Å²) >= 11 is 0. The molecule has 0 aromatic heterocycles. The Morgan fingerprint density at radius 2 is 1.89 bits per heavy atom. The second-order valence-electron chi connectivity index (χ2n) is 4.77. The van der Waals surface area contributed by atoms with Gasteiger partial charge in [-0.1, -0.05) is 0 Å². The number of rotatable bonds is 3. The molecule has 1 aliphatic heterocycles. The highest BCUT2D eigenvalue weighted by atomic mass is 32.2. The van der Waals surface area contributed by atoms with Gasteiger partial charge in [0.15, 0.2) is 0 Å². The standard InChI is InChI=1S/C12H16F2N2O2S/c1-16-6-4-10(5-7-16)15-19(17,18)12-3-2-9(13)8-11(12)14/h2-3,8,10,15H,4-7H2,1H3. The third-order valence-corrected chi connectivity index (χ3v) is 4.78. The normalized spacial score (nSPS) is 18.7. The maximum atomic E-state index is 13.5. The summed E-state index contributed by atoms with van der Waals surface area (Å²) < 4.78 is 52.8. The van der Waals surface area contributed by atoms with Crippen LogP contribution < -0.4 is 4.72 Å². The van der Waals surface area contributed by atoms with Gasteiger partial charge in [-0.3, -0.25) is 0 Å². The minimum absolute atomic E-state index is 0.203. The van der Waals surface area contributed by atoms with Crippen molar-refractivity contribution in [2.75, 3.05) is 20.1 Å². The highest BCUT2D eigenvalue weighted by molar-refractivity contribution is 7.89. The Morgan fingerprint density at radius 1 is 1.26 bits per heavy atom. The Hall–Kier alpha value is -1.05. The molecule has 0 unspecified atom stereocenters. The fraction of sp³-hybridized carbons (Fsp3) is 0.500. The SMILES string of the molecule is CN1CCC(NS(=O)(=O)c2ccc(F)cc2F)CC1. The maximum absolute atomic E-state index is 13.5. The molecule has 0 atom stereocenters. The predicted molar refractivity (Wildman–Crippen MR) is 67.2 cm³/mol. The van der Waals surface area contributed by atoms with Crippen LogP contribution in [0.25, 0.3) is 0 Å². The lowest BCUT2D eigenvalue weighted by molar-refractivity contribution is 0.248. The van der Waals surface area contributed by atoms with E-state index in [2.05, 4.69) is 9.62 Å². The van der Waals surface area contributed by atoms with Crippen molar-refractivity contribution in [3.8, 4) is 0 Å². The molecular weight excluding hydrogens is 274 g/mol. The second-order valence-corrected chi connectivity index (χ2v) is 6.46. The molecule has 4 nitrogen and oxygen atoms in total. The summed E-state index contributed by atoms with van der Waals surface area (Å²) in [6.45, 7) is 1.58. The molecule has 1 N–H and O–H groups in total. The molecule has 0 spiro atoms. The van der Waals surface area contributed by atoms with Crippen LogP contribution in [-0.2, 0) is 10.0 Å². The molecule has 1 aromatic carbocycles. The summed E-state index contributed by atoms with van der Waals surface area (Å²) in [4.78, 5) is 1.59. The first-order valence-corrected chi connectivity index (χ1v) is 7.53. The van der Waals surface area contributed by atoms with Crippen LogP contribution in [0.4, 0.5) is 8.78 Å². The third-order valence-electron chi connectivity index (χ3n) is 3.22. The van der Waals surface area contributed by atoms with Gasteiger partial charge in [0.1, 0.15) is 16.5 Å². The first-order valence-electron chi connectivity index (χ1n) is 6.04. The Kier molecular flexibility index (Phi) is 4.17. The van der Waals surface area contributed by atoms with Crippen LogP contribution in [0.2, 0.25) is 0 Å². The van der Waals surface area contributed by atoms with E-state index in [1.54, 1.807) is 0 Å². The monoisotopic (exact) mass is 290 g/mol. The van der Waals surface area contributed by atoms with Gasteiger partial charge in [-0.15, -0.1) is 0 Å². The second kappa shape index (κ2) is 5.52. The fourth-order valence-corrected chi connectivity index (χ4v) is 3.47. The average Bonchev–Trinajstić information content (AvgIpc) is 2.31. The maximum Gasteiger partial charge on any atom is 0.243 e. The van der Waals surface area contributed by atoms with Crippen molar-refractivity contribution in [3.05, 3.63) is 29.8 Å². The fourth-order valence-electron chi connectivity index (χ4n) is 2.10. The molecule has 0 aliphatic carbocycles. The number of nitrogens with one attached hydrogen (secondary N) is 1. The van der Waals surface area contributed by atoms with E-state index >= 15 is 0 Å². The largest absolute Gasteiger partial charge is 0.306 e. The first kappa shape index (κ1) is 14.4. The predicted octanol–water partition coefficient (Wildman–Crippen LogP) is 1.34. The molecule has 1 aromatic rings. The number of hydrogen-bond donors (Lipinski definition) is 1. The molecule has 19 heavy (non-hydrogen) atoms. The van der Waals surface area contributed by atoms with Crippen LogP contribution in [0, 0.1) is 11.6 Å². The summed E-state index contributed by atoms with van der Waals surface area (Å²) in [5, 5.41) is 0. The van der Waals surface area contributed by atoms with Crippen LogP contribution in [0.3, 0.4) is 0 Å². The van der Waals surface area contributed by atoms with Crippen LogP contribution in [0.1, 0.15) is 12.8 Å². The highest BCUT2D eigenvalue weighted by Gasteiger charge is 2.25. The number of halogens is 2. The molecule has 0 saturated carbocycles. The zero-order chi connectivity index (χ0) is 14.0. The zero-order valence-corrected chi connectivity index (χ0v) is 11.4. The summed E-state index contributed by atoms with van der Waals surface area (Å²) in [6, 6.07) is 2.25. The molecule has 1 saturated heterocycles. The van der Waals surface area contributed by atoms with Gasteiger partial charge in [-0.2, -0.15) is 0 Å². The summed E-state index contributed by atoms with van der Waals surface area (Å²) in [5.41, 5.74) is 0. The summed E-state index contributed by atoms with van der Waals surface area (Å²) in [7, 11) is -1.97. The van der Waals surface area contributed by atoms with E-state index in [1.807, 2.05) is 7.05 Å². The molecule has 1 heterocycles. The van der Waals surface area contributed by atoms with E-state index in [0.717, 1.165) is 25.2 Å². The molecule has 0 amide bonds. The highest BCUT2D eigenvalue weighted by Crippen LogP contribution is 2.18. The summed E-state index contributed by atoms with van der Waals surface area (Å²) in [6.07, 6.45) is 1.36. The zero-order valence-electron chi connectivity index (χ0n) is 10.6. The first-order chi connectivity index (χ1) is 8.88. The molecule has 0 bridgehead atoms. The van der Waals surface area contributed by atoms with Crippen molar-refractivity contribution >= 4 is 10.0 Å². The Labute approximate surface area is 111 Å². The third kappa shape index (κ3) is 3.49. The van der Waals surface area contributed by atoms with E-state index < -0.39 is 26.6 Å². The molecular formula is C12H16F2N2O2S. The van der Waals surface area contributed by atoms with E-state index in [4.69, 9.17) is 0 Å². The van der Waals surface area contributed by atoms with Gasteiger partial charge in [0, 0.05) is 12.1 Å². The van der Waals surface area contributed by atoms with Gasteiger partial charge in [-0.25, -0.2) is 21.9 Å². The summed E-state index contributed by atoms with van der Waals surface area (Å²) in [5.74, 6) is -1.86. The van der Waals surface area contributed by atoms with Gasteiger partial charge in [0.25, 0.3) is 0 Å². The minimum atomic E-state index is -3.94. The van der Waals surface area contributed by atoms with Crippen molar-refractivity contribution in [1.29, 1.82) is 0 Å². The number of hydrogen-bond acceptors (Lipinski definition) is 3. The smallest absolute Gasteiger partial charge is 0.243 e. The molecule has 7 heteroatoms. The van der Waals surface area contributed by atoms with Crippen molar-refractivity contribution in [1.82, 2.24) is 9.62 Å². The van der Waals surface area contributed by atoms with Crippen molar-refractivity contribution in [2.24, 2.45) is 0 Å². The molecule has 0 radical (unpaired) electrons. The van der Waals surface area contributed by atoms with Crippen molar-refractivity contribution in [2.45, 2.75) is 23.8 Å². The Bertz CT molecular complexity index is 555. The van der Waals surface area contributed by atoms with Gasteiger partial charge in [0.05, 0.1) is 0 Å². The Balaban J connectivity index is 2.14. The van der Waals surface area contributed by atoms with Gasteiger partial charge in [0.2, 0.25) is 10.0 Å². The minimum Gasteiger partial charge on any atom is -0.306 e. The van der Waals surface area contributed by atoms with E-state index in [0.29, 0.717) is 18.9 Å². The number of sulfonamides is 1. The van der Waals surface area contributed by atoms with Crippen LogP contribution >= 0.6 is 0 Å². The lowest BCUT2D eigenvalue weighted by Gasteiger charge is -2.29. The van der Waals surface area contributed by atoms with Crippen LogP contribution in [0.5, 0.6) is 0 Å². The number of benzene rings is 1. The number of piperidine rings is 1. The van der Waals surface area contributed by atoms with Crippen LogP contribution in [-0.4, -0.2) is 39.5 Å². The van der Waals surface area contributed by atoms with Gasteiger partial charge < -0.3 is 4.90 Å². The molecule has 2 rings (SSSR count). The lowest BCUT2D eigenvalue weighted by Crippen LogP contribution is -2.43. The van der Waals surface area contributed by atoms with E-state index in [9.17, 15) is 17.2 Å². The number of nitrogens with zero attached hydrogens (tertiary/aromatic N) is 1. The number of likely N-dealkylation sites (tertiary alicyclic amines) is 1. The molecule has 1 aliphatic rings. The molecule has 1 fully saturated rings. The topological polar surface area (TPSA) is 49.4 Å². The lowest BCUT2D eigenvalue weighted by atomic mass is 10.1. The molecule has 106 valence electrons.